The number of hydrogen-bond acceptors (Lipinski definition) is 6. The molecule has 0 spiro atoms. The molecule has 6 nitrogen and oxygen atoms in total. The third-order valence-corrected chi connectivity index (χ3v) is 5.41. The van der Waals surface area contributed by atoms with E-state index >= 15 is 0 Å². The van der Waals surface area contributed by atoms with Crippen molar-refractivity contribution < 1.29 is 28.6 Å². The second-order valence-corrected chi connectivity index (χ2v) is 8.72. The summed E-state index contributed by atoms with van der Waals surface area (Å²) in [6.07, 6.45) is 12.3. The second kappa shape index (κ2) is 21.3. The number of ether oxygens (including phenoxy) is 3. The Balaban J connectivity index is 4.39. The van der Waals surface area contributed by atoms with Crippen molar-refractivity contribution in [3.05, 3.63) is 0 Å². The summed E-state index contributed by atoms with van der Waals surface area (Å²) >= 11 is 0. The maximum atomic E-state index is 12.2. The van der Waals surface area contributed by atoms with Gasteiger partial charge in [0.15, 0.2) is 0 Å². The van der Waals surface area contributed by atoms with Gasteiger partial charge in [0.2, 0.25) is 0 Å². The Morgan fingerprint density at radius 3 is 1.62 bits per heavy atom. The fourth-order valence-corrected chi connectivity index (χ4v) is 3.40. The van der Waals surface area contributed by atoms with Gasteiger partial charge in [0, 0.05) is 19.3 Å². The summed E-state index contributed by atoms with van der Waals surface area (Å²) in [5.74, 6) is -0.492. The minimum absolute atomic E-state index is 0.157. The van der Waals surface area contributed by atoms with Gasteiger partial charge in [-0.05, 0) is 51.9 Å². The lowest BCUT2D eigenvalue weighted by Gasteiger charge is -2.20. The highest BCUT2D eigenvalue weighted by molar-refractivity contribution is 5.70. The molecule has 0 aromatic rings. The Morgan fingerprint density at radius 2 is 1.09 bits per heavy atom. The third kappa shape index (κ3) is 19.1. The zero-order valence-electron chi connectivity index (χ0n) is 21.1. The number of carbonyl (C=O) groups excluding carboxylic acids is 3. The maximum absolute atomic E-state index is 12.2. The molecule has 2 atom stereocenters. The Kier molecular flexibility index (Phi) is 20.2. The molecule has 0 aliphatic heterocycles. The number of carbonyl (C=O) groups is 3. The lowest BCUT2D eigenvalue weighted by atomic mass is 10.1. The first-order valence-electron chi connectivity index (χ1n) is 13.0. The van der Waals surface area contributed by atoms with E-state index in [9.17, 15) is 14.4 Å². The van der Waals surface area contributed by atoms with Gasteiger partial charge in [-0.1, -0.05) is 59.3 Å². The average Bonchev–Trinajstić information content (AvgIpc) is 2.75. The molecule has 0 aromatic carbocycles. The van der Waals surface area contributed by atoms with E-state index in [1.165, 1.54) is 0 Å². The van der Waals surface area contributed by atoms with E-state index in [1.54, 1.807) is 0 Å². The topological polar surface area (TPSA) is 78.9 Å². The molecule has 0 fully saturated rings. The summed E-state index contributed by atoms with van der Waals surface area (Å²) in [6.45, 7) is 8.53. The van der Waals surface area contributed by atoms with Crippen molar-refractivity contribution in [2.45, 2.75) is 143 Å². The third-order valence-electron chi connectivity index (χ3n) is 5.41. The van der Waals surface area contributed by atoms with Crippen LogP contribution in [0.3, 0.4) is 0 Å². The van der Waals surface area contributed by atoms with Crippen molar-refractivity contribution in [3.8, 4) is 0 Å². The van der Waals surface area contributed by atoms with Crippen molar-refractivity contribution in [3.63, 3.8) is 0 Å². The van der Waals surface area contributed by atoms with Crippen molar-refractivity contribution in [2.24, 2.45) is 0 Å². The first-order valence-corrected chi connectivity index (χ1v) is 13.0. The minimum atomic E-state index is -0.246. The predicted octanol–water partition coefficient (Wildman–Crippen LogP) is 6.67. The molecule has 0 aliphatic carbocycles. The molecule has 0 heterocycles. The van der Waals surface area contributed by atoms with Gasteiger partial charge in [-0.15, -0.1) is 0 Å². The molecule has 0 unspecified atom stereocenters. The summed E-state index contributed by atoms with van der Waals surface area (Å²) < 4.78 is 16.5. The summed E-state index contributed by atoms with van der Waals surface area (Å²) in [5.41, 5.74) is 0. The fraction of sp³-hybridized carbons (Fsp3) is 0.885. The minimum Gasteiger partial charge on any atom is -0.466 e. The molecule has 0 aromatic heterocycles. The smallest absolute Gasteiger partial charge is 0.306 e. The molecular weight excluding hydrogens is 408 g/mol. The van der Waals surface area contributed by atoms with Crippen molar-refractivity contribution in [1.82, 2.24) is 0 Å². The first kappa shape index (κ1) is 30.4. The Morgan fingerprint density at radius 1 is 0.594 bits per heavy atom. The normalized spacial score (nSPS) is 12.8. The van der Waals surface area contributed by atoms with Gasteiger partial charge in [-0.3, -0.25) is 14.4 Å². The number of esters is 3. The fourth-order valence-electron chi connectivity index (χ4n) is 3.40. The summed E-state index contributed by atoms with van der Waals surface area (Å²) in [4.78, 5) is 35.8. The number of rotatable bonds is 21. The Bertz CT molecular complexity index is 491. The lowest BCUT2D eigenvalue weighted by Crippen LogP contribution is -2.22. The summed E-state index contributed by atoms with van der Waals surface area (Å²) in [7, 11) is 0. The highest BCUT2D eigenvalue weighted by Gasteiger charge is 2.18. The van der Waals surface area contributed by atoms with Crippen LogP contribution in [0.5, 0.6) is 0 Å². The van der Waals surface area contributed by atoms with Crippen LogP contribution in [0.2, 0.25) is 0 Å². The van der Waals surface area contributed by atoms with E-state index in [4.69, 9.17) is 14.2 Å². The zero-order chi connectivity index (χ0) is 24.0. The lowest BCUT2D eigenvalue weighted by molar-refractivity contribution is -0.153. The quantitative estimate of drug-likeness (QED) is 0.109. The van der Waals surface area contributed by atoms with Gasteiger partial charge in [0.05, 0.1) is 12.7 Å². The standard InChI is InChI=1S/C26H48O6/c1-5-8-11-16-24(27)30-21-14-15-23(32-26(29)18-13-10-7-3)20-19-22(4)31-25(28)17-12-9-6-2/h22-23H,5-21H2,1-4H3/t22-,23-/m1/s1. The van der Waals surface area contributed by atoms with Crippen LogP contribution in [-0.4, -0.2) is 36.7 Å². The van der Waals surface area contributed by atoms with Crippen LogP contribution in [-0.2, 0) is 28.6 Å². The molecule has 0 aliphatic rings. The molecule has 0 rings (SSSR count). The van der Waals surface area contributed by atoms with Crippen LogP contribution in [0.4, 0.5) is 0 Å². The van der Waals surface area contributed by atoms with E-state index in [2.05, 4.69) is 20.8 Å². The van der Waals surface area contributed by atoms with Crippen molar-refractivity contribution in [2.75, 3.05) is 6.61 Å². The van der Waals surface area contributed by atoms with Crippen molar-refractivity contribution in [1.29, 1.82) is 0 Å². The highest BCUT2D eigenvalue weighted by Crippen LogP contribution is 2.16. The average molecular weight is 457 g/mol. The highest BCUT2D eigenvalue weighted by atomic mass is 16.6. The molecule has 0 saturated carbocycles. The maximum Gasteiger partial charge on any atom is 0.306 e. The Hall–Kier alpha value is -1.59. The van der Waals surface area contributed by atoms with E-state index in [0.717, 1.165) is 57.8 Å². The number of unbranched alkanes of at least 4 members (excludes halogenated alkanes) is 6. The van der Waals surface area contributed by atoms with Crippen LogP contribution in [0, 0.1) is 0 Å². The van der Waals surface area contributed by atoms with Crippen LogP contribution in [0.25, 0.3) is 0 Å². The van der Waals surface area contributed by atoms with E-state index in [0.29, 0.717) is 51.6 Å². The SMILES string of the molecule is CCCCCC(=O)OCCC[C@H](CC[C@@H](C)OC(=O)CCCCC)OC(=O)CCCCC. The van der Waals surface area contributed by atoms with Gasteiger partial charge in [-0.25, -0.2) is 0 Å². The first-order chi connectivity index (χ1) is 15.4. The second-order valence-electron chi connectivity index (χ2n) is 8.72. The molecule has 0 saturated heterocycles. The van der Waals surface area contributed by atoms with E-state index < -0.39 is 0 Å². The molecule has 0 bridgehead atoms. The monoisotopic (exact) mass is 456 g/mol. The zero-order valence-corrected chi connectivity index (χ0v) is 21.1. The van der Waals surface area contributed by atoms with E-state index in [-0.39, 0.29) is 30.1 Å². The molecule has 0 amide bonds. The molecule has 32 heavy (non-hydrogen) atoms. The van der Waals surface area contributed by atoms with Crippen LogP contribution >= 0.6 is 0 Å². The van der Waals surface area contributed by atoms with Crippen molar-refractivity contribution >= 4 is 17.9 Å². The van der Waals surface area contributed by atoms with Gasteiger partial charge < -0.3 is 14.2 Å². The van der Waals surface area contributed by atoms with Crippen LogP contribution in [0.1, 0.15) is 130 Å². The molecular formula is C26H48O6. The van der Waals surface area contributed by atoms with E-state index in [1.807, 2.05) is 6.92 Å². The largest absolute Gasteiger partial charge is 0.466 e. The summed E-state index contributed by atoms with van der Waals surface area (Å²) in [6, 6.07) is 0. The molecule has 0 radical (unpaired) electrons. The summed E-state index contributed by atoms with van der Waals surface area (Å²) in [5, 5.41) is 0. The van der Waals surface area contributed by atoms with Gasteiger partial charge in [-0.2, -0.15) is 0 Å². The molecule has 6 heteroatoms. The van der Waals surface area contributed by atoms with Gasteiger partial charge in [0.25, 0.3) is 0 Å². The molecule has 0 N–H and O–H groups in total. The van der Waals surface area contributed by atoms with Crippen LogP contribution < -0.4 is 0 Å². The van der Waals surface area contributed by atoms with Gasteiger partial charge >= 0.3 is 17.9 Å². The predicted molar refractivity (Wildman–Crippen MR) is 127 cm³/mol. The number of hydrogen-bond donors (Lipinski definition) is 0. The Labute approximate surface area is 196 Å². The molecule has 188 valence electrons. The van der Waals surface area contributed by atoms with Crippen LogP contribution in [0.15, 0.2) is 0 Å². The van der Waals surface area contributed by atoms with Gasteiger partial charge in [0.1, 0.15) is 6.10 Å².